The summed E-state index contributed by atoms with van der Waals surface area (Å²) in [5.41, 5.74) is 0.971. The number of amides is 1. The van der Waals surface area contributed by atoms with Crippen molar-refractivity contribution < 1.29 is 14.1 Å². The number of nitrogens with zero attached hydrogens (tertiary/aromatic N) is 5. The summed E-state index contributed by atoms with van der Waals surface area (Å²) in [6.07, 6.45) is 2.77. The molecular weight excluding hydrogens is 341 g/mol. The molecular formula is C17H20FN5O3. The van der Waals surface area contributed by atoms with Crippen LogP contribution in [0.15, 0.2) is 36.7 Å². The second kappa shape index (κ2) is 8.05. The highest BCUT2D eigenvalue weighted by Crippen LogP contribution is 2.12. The van der Waals surface area contributed by atoms with Crippen LogP contribution in [0.5, 0.6) is 0 Å². The Morgan fingerprint density at radius 3 is 2.50 bits per heavy atom. The van der Waals surface area contributed by atoms with Crippen LogP contribution in [0.4, 0.5) is 10.1 Å². The fraction of sp³-hybridized carbons (Fsp3) is 0.412. The van der Waals surface area contributed by atoms with E-state index in [1.165, 1.54) is 29.2 Å². The van der Waals surface area contributed by atoms with E-state index < -0.39 is 4.92 Å². The molecule has 1 saturated heterocycles. The van der Waals surface area contributed by atoms with Crippen LogP contribution in [0, 0.1) is 15.9 Å². The molecule has 9 heteroatoms. The average molecular weight is 361 g/mol. The van der Waals surface area contributed by atoms with Crippen LogP contribution in [0.3, 0.4) is 0 Å². The van der Waals surface area contributed by atoms with E-state index >= 15 is 0 Å². The number of hydrogen-bond donors (Lipinski definition) is 0. The number of aromatic nitrogens is 2. The van der Waals surface area contributed by atoms with E-state index in [9.17, 15) is 19.3 Å². The van der Waals surface area contributed by atoms with Gasteiger partial charge < -0.3 is 4.90 Å². The number of rotatable bonds is 6. The van der Waals surface area contributed by atoms with Gasteiger partial charge in [0.1, 0.15) is 18.2 Å². The molecule has 0 N–H and O–H groups in total. The van der Waals surface area contributed by atoms with Gasteiger partial charge in [-0.25, -0.2) is 4.39 Å². The van der Waals surface area contributed by atoms with E-state index in [0.717, 1.165) is 25.2 Å². The Hall–Kier alpha value is -2.81. The van der Waals surface area contributed by atoms with Gasteiger partial charge in [-0.3, -0.25) is 24.5 Å². The lowest BCUT2D eigenvalue weighted by Gasteiger charge is -2.34. The minimum absolute atomic E-state index is 0.0181. The van der Waals surface area contributed by atoms with E-state index in [1.807, 2.05) is 0 Å². The van der Waals surface area contributed by atoms with Gasteiger partial charge >= 0.3 is 5.69 Å². The number of carbonyl (C=O) groups is 1. The van der Waals surface area contributed by atoms with Gasteiger partial charge in [0, 0.05) is 45.7 Å². The monoisotopic (exact) mass is 361 g/mol. The maximum absolute atomic E-state index is 12.9. The van der Waals surface area contributed by atoms with Crippen molar-refractivity contribution in [1.29, 1.82) is 0 Å². The molecule has 1 aliphatic heterocycles. The van der Waals surface area contributed by atoms with E-state index in [2.05, 4.69) is 10.00 Å². The minimum atomic E-state index is -0.508. The van der Waals surface area contributed by atoms with Crippen LogP contribution in [0.1, 0.15) is 12.0 Å². The Morgan fingerprint density at radius 1 is 1.19 bits per heavy atom. The summed E-state index contributed by atoms with van der Waals surface area (Å²) in [6, 6.07) is 6.45. The topological polar surface area (TPSA) is 84.5 Å². The molecule has 3 rings (SSSR count). The fourth-order valence-electron chi connectivity index (χ4n) is 2.94. The second-order valence-electron chi connectivity index (χ2n) is 6.25. The van der Waals surface area contributed by atoms with Crippen molar-refractivity contribution in [1.82, 2.24) is 19.6 Å². The maximum atomic E-state index is 12.9. The number of nitro groups is 1. The molecule has 26 heavy (non-hydrogen) atoms. The SMILES string of the molecule is O=C(CCn1cc([N+](=O)[O-])cn1)N1CCN(Cc2ccc(F)cc2)CC1. The molecule has 8 nitrogen and oxygen atoms in total. The highest BCUT2D eigenvalue weighted by atomic mass is 19.1. The number of hydrogen-bond acceptors (Lipinski definition) is 5. The standard InChI is InChI=1S/C17H20FN5O3/c18-15-3-1-14(2-4-15)12-20-7-9-21(10-8-20)17(24)5-6-22-13-16(11-19-22)23(25)26/h1-4,11,13H,5-10,12H2. The van der Waals surface area contributed by atoms with Crippen LogP contribution < -0.4 is 0 Å². The highest BCUT2D eigenvalue weighted by molar-refractivity contribution is 5.76. The Balaban J connectivity index is 1.42. The van der Waals surface area contributed by atoms with Crippen molar-refractivity contribution in [2.75, 3.05) is 26.2 Å². The maximum Gasteiger partial charge on any atom is 0.306 e. The Morgan fingerprint density at radius 2 is 1.88 bits per heavy atom. The quantitative estimate of drug-likeness (QED) is 0.577. The largest absolute Gasteiger partial charge is 0.340 e. The molecule has 0 unspecified atom stereocenters. The van der Waals surface area contributed by atoms with Crippen LogP contribution >= 0.6 is 0 Å². The molecule has 1 fully saturated rings. The molecule has 0 radical (unpaired) electrons. The van der Waals surface area contributed by atoms with Crippen molar-refractivity contribution in [3.8, 4) is 0 Å². The first kappa shape index (κ1) is 18.0. The molecule has 2 heterocycles. The predicted octanol–water partition coefficient (Wildman–Crippen LogP) is 1.66. The van der Waals surface area contributed by atoms with E-state index in [0.29, 0.717) is 19.6 Å². The predicted molar refractivity (Wildman–Crippen MR) is 91.8 cm³/mol. The molecule has 0 bridgehead atoms. The molecule has 1 amide bonds. The smallest absolute Gasteiger partial charge is 0.306 e. The van der Waals surface area contributed by atoms with Crippen LogP contribution in [0.2, 0.25) is 0 Å². The summed E-state index contributed by atoms with van der Waals surface area (Å²) in [5.74, 6) is -0.226. The first-order chi connectivity index (χ1) is 12.5. The van der Waals surface area contributed by atoms with Crippen molar-refractivity contribution >= 4 is 11.6 Å². The van der Waals surface area contributed by atoms with Gasteiger partial charge in [0.2, 0.25) is 5.91 Å². The van der Waals surface area contributed by atoms with E-state index in [4.69, 9.17) is 0 Å². The molecule has 1 aliphatic rings. The third-order valence-electron chi connectivity index (χ3n) is 4.43. The molecule has 0 spiro atoms. The lowest BCUT2D eigenvalue weighted by molar-refractivity contribution is -0.385. The zero-order chi connectivity index (χ0) is 18.5. The number of halogens is 1. The highest BCUT2D eigenvalue weighted by Gasteiger charge is 2.21. The zero-order valence-corrected chi connectivity index (χ0v) is 14.3. The Kier molecular flexibility index (Phi) is 5.57. The lowest BCUT2D eigenvalue weighted by atomic mass is 10.2. The number of piperazine rings is 1. The van der Waals surface area contributed by atoms with E-state index in [1.54, 1.807) is 17.0 Å². The minimum Gasteiger partial charge on any atom is -0.340 e. The molecule has 0 saturated carbocycles. The molecule has 0 aliphatic carbocycles. The summed E-state index contributed by atoms with van der Waals surface area (Å²) < 4.78 is 14.4. The molecule has 1 aromatic heterocycles. The molecule has 1 aromatic carbocycles. The second-order valence-corrected chi connectivity index (χ2v) is 6.25. The summed E-state index contributed by atoms with van der Waals surface area (Å²) in [6.45, 7) is 3.85. The number of benzene rings is 1. The number of carbonyl (C=O) groups excluding carboxylic acids is 1. The molecule has 0 atom stereocenters. The summed E-state index contributed by atoms with van der Waals surface area (Å²) in [4.78, 5) is 26.5. The summed E-state index contributed by atoms with van der Waals surface area (Å²) in [5, 5.41) is 14.5. The fourth-order valence-corrected chi connectivity index (χ4v) is 2.94. The summed E-state index contributed by atoms with van der Waals surface area (Å²) in [7, 11) is 0. The van der Waals surface area contributed by atoms with Crippen molar-refractivity contribution in [2.45, 2.75) is 19.5 Å². The Bertz CT molecular complexity index is 769. The number of aryl methyl sites for hydroxylation is 1. The first-order valence-electron chi connectivity index (χ1n) is 8.43. The van der Waals surface area contributed by atoms with Gasteiger partial charge in [0.25, 0.3) is 0 Å². The van der Waals surface area contributed by atoms with E-state index in [-0.39, 0.29) is 23.8 Å². The van der Waals surface area contributed by atoms with Gasteiger partial charge in [-0.15, -0.1) is 0 Å². The van der Waals surface area contributed by atoms with Crippen LogP contribution in [0.25, 0.3) is 0 Å². The third-order valence-corrected chi connectivity index (χ3v) is 4.43. The van der Waals surface area contributed by atoms with Gasteiger partial charge in [0.15, 0.2) is 0 Å². The molecule has 138 valence electrons. The van der Waals surface area contributed by atoms with Crippen molar-refractivity contribution in [2.24, 2.45) is 0 Å². The van der Waals surface area contributed by atoms with Gasteiger partial charge in [0.05, 0.1) is 4.92 Å². The third kappa shape index (κ3) is 4.63. The first-order valence-corrected chi connectivity index (χ1v) is 8.43. The summed E-state index contributed by atoms with van der Waals surface area (Å²) >= 11 is 0. The van der Waals surface area contributed by atoms with Gasteiger partial charge in [-0.2, -0.15) is 5.10 Å². The van der Waals surface area contributed by atoms with Gasteiger partial charge in [-0.05, 0) is 17.7 Å². The normalized spacial score (nSPS) is 15.2. The lowest BCUT2D eigenvalue weighted by Crippen LogP contribution is -2.48. The Labute approximate surface area is 150 Å². The zero-order valence-electron chi connectivity index (χ0n) is 14.3. The van der Waals surface area contributed by atoms with Crippen LogP contribution in [-0.4, -0.2) is 56.6 Å². The average Bonchev–Trinajstić information content (AvgIpc) is 3.12. The van der Waals surface area contributed by atoms with Crippen molar-refractivity contribution in [3.63, 3.8) is 0 Å². The molecule has 2 aromatic rings. The van der Waals surface area contributed by atoms with Crippen molar-refractivity contribution in [3.05, 3.63) is 58.2 Å². The van der Waals surface area contributed by atoms with Gasteiger partial charge in [-0.1, -0.05) is 12.1 Å². The van der Waals surface area contributed by atoms with Crippen LogP contribution in [-0.2, 0) is 17.9 Å².